The number of carbonyl (C=O) groups excluding carboxylic acids is 1. The largest absolute Gasteiger partial charge is 0.345 e. The van der Waals surface area contributed by atoms with Crippen molar-refractivity contribution in [1.82, 2.24) is 19.1 Å². The third kappa shape index (κ3) is 3.12. The Bertz CT molecular complexity index is 636. The Morgan fingerprint density at radius 3 is 2.67 bits per heavy atom. The smallest absolute Gasteiger partial charge is 0.269 e. The Labute approximate surface area is 125 Å². The molecule has 7 nitrogen and oxygen atoms in total. The zero-order valence-electron chi connectivity index (χ0n) is 12.8. The van der Waals surface area contributed by atoms with Crippen LogP contribution in [0, 0.1) is 0 Å². The number of rotatable bonds is 3. The van der Waals surface area contributed by atoms with Gasteiger partial charge < -0.3 is 14.8 Å². The number of carbonyl (C=O) groups is 1. The molecule has 0 aromatic carbocycles. The molecule has 0 aliphatic carbocycles. The van der Waals surface area contributed by atoms with Crippen LogP contribution in [0.25, 0.3) is 0 Å². The molecule has 0 saturated carbocycles. The molecule has 2 rings (SSSR count). The van der Waals surface area contributed by atoms with Gasteiger partial charge in [-0.3, -0.25) is 4.79 Å². The first-order valence-corrected chi connectivity index (χ1v) is 8.29. The second-order valence-electron chi connectivity index (χ2n) is 5.59. The van der Waals surface area contributed by atoms with E-state index in [4.69, 9.17) is 0 Å². The molecule has 0 radical (unpaired) electrons. The van der Waals surface area contributed by atoms with Crippen LogP contribution in [0.3, 0.4) is 0 Å². The van der Waals surface area contributed by atoms with E-state index < -0.39 is 10.0 Å². The number of hydrogen-bond donors (Lipinski definition) is 1. The fraction of sp³-hybridized carbons (Fsp3) is 0.615. The van der Waals surface area contributed by atoms with Crippen LogP contribution in [-0.4, -0.2) is 67.9 Å². The molecule has 118 valence electrons. The van der Waals surface area contributed by atoms with E-state index in [0.29, 0.717) is 25.3 Å². The van der Waals surface area contributed by atoms with Crippen LogP contribution in [0.5, 0.6) is 0 Å². The van der Waals surface area contributed by atoms with Crippen molar-refractivity contribution in [2.75, 3.05) is 33.7 Å². The predicted octanol–water partition coefficient (Wildman–Crippen LogP) is -0.291. The maximum absolute atomic E-state index is 12.7. The molecule has 1 aromatic rings. The first-order chi connectivity index (χ1) is 9.73. The number of sulfonamides is 1. The van der Waals surface area contributed by atoms with Gasteiger partial charge in [-0.25, -0.2) is 8.42 Å². The van der Waals surface area contributed by atoms with E-state index in [9.17, 15) is 13.2 Å². The lowest BCUT2D eigenvalue weighted by Gasteiger charge is -2.30. The summed E-state index contributed by atoms with van der Waals surface area (Å²) >= 11 is 0. The molecule has 1 aromatic heterocycles. The van der Waals surface area contributed by atoms with Gasteiger partial charge in [0.2, 0.25) is 10.0 Å². The number of amides is 1. The lowest BCUT2D eigenvalue weighted by Crippen LogP contribution is -2.51. The van der Waals surface area contributed by atoms with Crippen molar-refractivity contribution in [3.63, 3.8) is 0 Å². The van der Waals surface area contributed by atoms with Crippen molar-refractivity contribution >= 4 is 15.9 Å². The monoisotopic (exact) mass is 314 g/mol. The predicted molar refractivity (Wildman–Crippen MR) is 79.7 cm³/mol. The number of nitrogens with zero attached hydrogens (tertiary/aromatic N) is 3. The minimum absolute atomic E-state index is 0.125. The zero-order valence-corrected chi connectivity index (χ0v) is 13.6. The summed E-state index contributed by atoms with van der Waals surface area (Å²) in [5, 5.41) is 3.21. The Hall–Kier alpha value is -1.38. The van der Waals surface area contributed by atoms with Crippen molar-refractivity contribution < 1.29 is 13.2 Å². The lowest BCUT2D eigenvalue weighted by atomic mass is 10.3. The van der Waals surface area contributed by atoms with Crippen LogP contribution >= 0.6 is 0 Å². The summed E-state index contributed by atoms with van der Waals surface area (Å²) in [6, 6.07) is 1.57. The molecule has 8 heteroatoms. The molecular formula is C13H22N4O3S. The van der Waals surface area contributed by atoms with Gasteiger partial charge in [0.05, 0.1) is 0 Å². The highest BCUT2D eigenvalue weighted by Gasteiger charge is 2.30. The van der Waals surface area contributed by atoms with Gasteiger partial charge in [0.1, 0.15) is 10.6 Å². The molecule has 1 N–H and O–H groups in total. The summed E-state index contributed by atoms with van der Waals surface area (Å²) in [5.41, 5.74) is 0.363. The highest BCUT2D eigenvalue weighted by Crippen LogP contribution is 2.20. The summed E-state index contributed by atoms with van der Waals surface area (Å²) < 4.78 is 28.3. The van der Waals surface area contributed by atoms with E-state index in [1.807, 2.05) is 6.92 Å². The third-order valence-electron chi connectivity index (χ3n) is 3.57. The SMILES string of the molecule is CC1CN(S(=O)(=O)c2cc(C(=O)N(C)C)n(C)c2)CCN1. The van der Waals surface area contributed by atoms with Gasteiger partial charge in [0, 0.05) is 53.0 Å². The Kier molecular flexibility index (Phi) is 4.40. The van der Waals surface area contributed by atoms with Gasteiger partial charge in [-0.15, -0.1) is 0 Å². The molecule has 1 atom stereocenters. The van der Waals surface area contributed by atoms with Gasteiger partial charge >= 0.3 is 0 Å². The molecule has 2 heterocycles. The van der Waals surface area contributed by atoms with Crippen molar-refractivity contribution in [2.24, 2.45) is 7.05 Å². The van der Waals surface area contributed by atoms with Crippen LogP contribution in [-0.2, 0) is 17.1 Å². The summed E-state index contributed by atoms with van der Waals surface area (Å²) in [6.07, 6.45) is 1.50. The standard InChI is InChI=1S/C13H22N4O3S/c1-10-8-17(6-5-14-10)21(19,20)11-7-12(16(4)9-11)13(18)15(2)3/h7,9-10,14H,5-6,8H2,1-4H3. The normalized spacial score (nSPS) is 20.5. The van der Waals surface area contributed by atoms with Gasteiger partial charge in [-0.2, -0.15) is 4.31 Å². The Morgan fingerprint density at radius 1 is 1.43 bits per heavy atom. The van der Waals surface area contributed by atoms with Crippen LogP contribution in [0.2, 0.25) is 0 Å². The first-order valence-electron chi connectivity index (χ1n) is 6.85. The highest BCUT2D eigenvalue weighted by molar-refractivity contribution is 7.89. The fourth-order valence-corrected chi connectivity index (χ4v) is 3.98. The van der Waals surface area contributed by atoms with E-state index in [2.05, 4.69) is 5.32 Å². The van der Waals surface area contributed by atoms with E-state index in [-0.39, 0.29) is 16.8 Å². The summed E-state index contributed by atoms with van der Waals surface area (Å²) in [5.74, 6) is -0.215. The second-order valence-corrected chi connectivity index (χ2v) is 7.53. The number of aryl methyl sites for hydroxylation is 1. The average Bonchev–Trinajstić information content (AvgIpc) is 2.80. The molecule has 1 fully saturated rings. The quantitative estimate of drug-likeness (QED) is 0.832. The van der Waals surface area contributed by atoms with Gasteiger partial charge in [-0.1, -0.05) is 0 Å². The maximum Gasteiger partial charge on any atom is 0.269 e. The molecule has 1 amide bonds. The Morgan fingerprint density at radius 2 is 2.10 bits per heavy atom. The zero-order chi connectivity index (χ0) is 15.8. The van der Waals surface area contributed by atoms with Crippen molar-refractivity contribution in [3.8, 4) is 0 Å². The number of nitrogens with one attached hydrogen (secondary N) is 1. The first kappa shape index (κ1) is 16.0. The van der Waals surface area contributed by atoms with Crippen LogP contribution in [0.4, 0.5) is 0 Å². The highest BCUT2D eigenvalue weighted by atomic mass is 32.2. The topological polar surface area (TPSA) is 74.7 Å². The maximum atomic E-state index is 12.7. The van der Waals surface area contributed by atoms with E-state index in [1.165, 1.54) is 21.5 Å². The molecule has 1 unspecified atom stereocenters. The van der Waals surface area contributed by atoms with Crippen molar-refractivity contribution in [2.45, 2.75) is 17.9 Å². The van der Waals surface area contributed by atoms with Crippen molar-refractivity contribution in [1.29, 1.82) is 0 Å². The molecular weight excluding hydrogens is 292 g/mol. The lowest BCUT2D eigenvalue weighted by molar-refractivity contribution is 0.0818. The molecule has 0 spiro atoms. The minimum Gasteiger partial charge on any atom is -0.345 e. The molecule has 21 heavy (non-hydrogen) atoms. The van der Waals surface area contributed by atoms with Crippen LogP contribution in [0.15, 0.2) is 17.2 Å². The van der Waals surface area contributed by atoms with Crippen LogP contribution < -0.4 is 5.32 Å². The molecule has 1 saturated heterocycles. The van der Waals surface area contributed by atoms with E-state index in [0.717, 1.165) is 0 Å². The summed E-state index contributed by atoms with van der Waals surface area (Å²) in [6.45, 7) is 3.47. The average molecular weight is 314 g/mol. The number of piperazine rings is 1. The third-order valence-corrected chi connectivity index (χ3v) is 5.40. The van der Waals surface area contributed by atoms with Gasteiger partial charge in [0.15, 0.2) is 0 Å². The number of aromatic nitrogens is 1. The van der Waals surface area contributed by atoms with Crippen molar-refractivity contribution in [3.05, 3.63) is 18.0 Å². The van der Waals surface area contributed by atoms with E-state index >= 15 is 0 Å². The van der Waals surface area contributed by atoms with E-state index in [1.54, 1.807) is 25.7 Å². The second kappa shape index (κ2) is 5.78. The van der Waals surface area contributed by atoms with Gasteiger partial charge in [-0.05, 0) is 13.0 Å². The fourth-order valence-electron chi connectivity index (χ4n) is 2.38. The molecule has 1 aliphatic rings. The number of hydrogen-bond acceptors (Lipinski definition) is 4. The molecule has 1 aliphatic heterocycles. The minimum atomic E-state index is -3.55. The summed E-state index contributed by atoms with van der Waals surface area (Å²) in [7, 11) is 1.40. The van der Waals surface area contributed by atoms with Crippen LogP contribution in [0.1, 0.15) is 17.4 Å². The summed E-state index contributed by atoms with van der Waals surface area (Å²) in [4.78, 5) is 13.6. The van der Waals surface area contributed by atoms with Gasteiger partial charge in [0.25, 0.3) is 5.91 Å². The molecule has 0 bridgehead atoms. The Balaban J connectivity index is 2.33.